The molecule has 0 saturated heterocycles. The van der Waals surface area contributed by atoms with Gasteiger partial charge in [-0.1, -0.05) is 19.3 Å². The number of nitrogens with one attached hydrogen (secondary N) is 1. The molecule has 0 aromatic heterocycles. The molecular weight excluding hydrogens is 186 g/mol. The summed E-state index contributed by atoms with van der Waals surface area (Å²) in [5.41, 5.74) is 5.41. The summed E-state index contributed by atoms with van der Waals surface area (Å²) in [6.45, 7) is 3.05. The molecule has 0 aliphatic heterocycles. The van der Waals surface area contributed by atoms with Crippen molar-refractivity contribution in [3.8, 4) is 6.07 Å². The molecule has 15 heavy (non-hydrogen) atoms. The average molecular weight is 211 g/mol. The minimum atomic E-state index is 0.707. The number of nitrogens with two attached hydrogens (primary N) is 1. The van der Waals surface area contributed by atoms with Crippen molar-refractivity contribution in [1.29, 1.82) is 5.26 Å². The van der Waals surface area contributed by atoms with Crippen LogP contribution in [0.1, 0.15) is 51.4 Å². The Kier molecular flexibility index (Phi) is 12.9. The van der Waals surface area contributed by atoms with Crippen LogP contribution in [0.5, 0.6) is 0 Å². The molecule has 0 atom stereocenters. The summed E-state index contributed by atoms with van der Waals surface area (Å²) in [5, 5.41) is 11.8. The van der Waals surface area contributed by atoms with Gasteiger partial charge in [-0.05, 0) is 45.3 Å². The number of nitriles is 1. The fourth-order valence-electron chi connectivity index (χ4n) is 1.50. The zero-order valence-electron chi connectivity index (χ0n) is 9.80. The molecule has 0 aliphatic rings. The lowest BCUT2D eigenvalue weighted by Gasteiger charge is -2.03. The second-order valence-electron chi connectivity index (χ2n) is 3.92. The van der Waals surface area contributed by atoms with Crippen LogP contribution in [0.25, 0.3) is 0 Å². The Morgan fingerprint density at radius 1 is 0.867 bits per heavy atom. The lowest BCUT2D eigenvalue weighted by molar-refractivity contribution is 0.564. The summed E-state index contributed by atoms with van der Waals surface area (Å²) in [6.07, 6.45) is 9.11. The number of hydrogen-bond donors (Lipinski definition) is 2. The molecule has 0 bridgehead atoms. The van der Waals surface area contributed by atoms with E-state index in [1.165, 1.54) is 32.1 Å². The van der Waals surface area contributed by atoms with E-state index in [2.05, 4.69) is 11.4 Å². The number of nitrogens with zero attached hydrogens (tertiary/aromatic N) is 1. The lowest BCUT2D eigenvalue weighted by Crippen LogP contribution is -2.16. The van der Waals surface area contributed by atoms with Crippen molar-refractivity contribution < 1.29 is 0 Å². The van der Waals surface area contributed by atoms with E-state index in [1.807, 2.05) is 0 Å². The smallest absolute Gasteiger partial charge is 0.0621 e. The summed E-state index contributed by atoms with van der Waals surface area (Å²) in [5.74, 6) is 0. The Hall–Kier alpha value is -0.590. The number of hydrogen-bond acceptors (Lipinski definition) is 3. The first-order valence-corrected chi connectivity index (χ1v) is 6.19. The first kappa shape index (κ1) is 14.4. The van der Waals surface area contributed by atoms with Gasteiger partial charge in [0.05, 0.1) is 6.07 Å². The van der Waals surface area contributed by atoms with Crippen LogP contribution in [-0.4, -0.2) is 19.6 Å². The van der Waals surface area contributed by atoms with Gasteiger partial charge >= 0.3 is 0 Å². The highest BCUT2D eigenvalue weighted by Gasteiger charge is 1.91. The summed E-state index contributed by atoms with van der Waals surface area (Å²) < 4.78 is 0. The fourth-order valence-corrected chi connectivity index (χ4v) is 1.50. The molecule has 0 amide bonds. The van der Waals surface area contributed by atoms with Crippen molar-refractivity contribution in [3.63, 3.8) is 0 Å². The van der Waals surface area contributed by atoms with Crippen LogP contribution in [0, 0.1) is 11.3 Å². The van der Waals surface area contributed by atoms with Crippen LogP contribution in [-0.2, 0) is 0 Å². The van der Waals surface area contributed by atoms with Gasteiger partial charge < -0.3 is 11.1 Å². The van der Waals surface area contributed by atoms with Crippen molar-refractivity contribution in [2.75, 3.05) is 19.6 Å². The predicted octanol–water partition coefficient (Wildman–Crippen LogP) is 2.18. The van der Waals surface area contributed by atoms with Gasteiger partial charge in [0.25, 0.3) is 0 Å². The molecule has 0 fully saturated rings. The molecule has 0 radical (unpaired) electrons. The zero-order chi connectivity index (χ0) is 11.2. The third kappa shape index (κ3) is 13.4. The maximum atomic E-state index is 8.34. The molecule has 88 valence electrons. The highest BCUT2D eigenvalue weighted by molar-refractivity contribution is 4.67. The number of unbranched alkanes of at least 4 members (excludes halogenated alkanes) is 6. The van der Waals surface area contributed by atoms with E-state index in [-0.39, 0.29) is 0 Å². The van der Waals surface area contributed by atoms with Crippen molar-refractivity contribution in [1.82, 2.24) is 5.32 Å². The second-order valence-corrected chi connectivity index (χ2v) is 3.92. The van der Waals surface area contributed by atoms with Crippen molar-refractivity contribution in [3.05, 3.63) is 0 Å². The minimum absolute atomic E-state index is 0.707. The normalized spacial score (nSPS) is 10.1. The summed E-state index contributed by atoms with van der Waals surface area (Å²) in [7, 11) is 0. The molecule has 0 aromatic rings. The molecule has 0 spiro atoms. The summed E-state index contributed by atoms with van der Waals surface area (Å²) in [6, 6.07) is 2.17. The average Bonchev–Trinajstić information content (AvgIpc) is 2.26. The summed E-state index contributed by atoms with van der Waals surface area (Å²) in [4.78, 5) is 0. The van der Waals surface area contributed by atoms with Crippen molar-refractivity contribution in [2.45, 2.75) is 51.4 Å². The molecule has 3 nitrogen and oxygen atoms in total. The molecule has 3 heteroatoms. The van der Waals surface area contributed by atoms with E-state index >= 15 is 0 Å². The predicted molar refractivity (Wildman–Crippen MR) is 64.5 cm³/mol. The van der Waals surface area contributed by atoms with Crippen molar-refractivity contribution in [2.24, 2.45) is 5.73 Å². The first-order chi connectivity index (χ1) is 7.41. The molecule has 0 unspecified atom stereocenters. The zero-order valence-corrected chi connectivity index (χ0v) is 9.80. The molecule has 0 aliphatic carbocycles. The Morgan fingerprint density at radius 2 is 1.47 bits per heavy atom. The highest BCUT2D eigenvalue weighted by Crippen LogP contribution is 1.99. The third-order valence-electron chi connectivity index (χ3n) is 2.45. The van der Waals surface area contributed by atoms with Crippen LogP contribution in [0.2, 0.25) is 0 Å². The monoisotopic (exact) mass is 211 g/mol. The first-order valence-electron chi connectivity index (χ1n) is 6.19. The topological polar surface area (TPSA) is 61.8 Å². The maximum Gasteiger partial charge on any atom is 0.0621 e. The van der Waals surface area contributed by atoms with Gasteiger partial charge in [0.1, 0.15) is 0 Å². The largest absolute Gasteiger partial charge is 0.330 e. The molecular formula is C12H25N3. The van der Waals surface area contributed by atoms with Gasteiger partial charge in [0, 0.05) is 6.42 Å². The molecule has 0 saturated carbocycles. The highest BCUT2D eigenvalue weighted by atomic mass is 14.8. The van der Waals surface area contributed by atoms with E-state index in [9.17, 15) is 0 Å². The van der Waals surface area contributed by atoms with Gasteiger partial charge in [-0.15, -0.1) is 0 Å². The van der Waals surface area contributed by atoms with Crippen LogP contribution in [0.3, 0.4) is 0 Å². The molecule has 0 rings (SSSR count). The SMILES string of the molecule is N#CCCCCCNCCCCCCN. The Balaban J connectivity index is 2.84. The van der Waals surface area contributed by atoms with Gasteiger partial charge in [0.15, 0.2) is 0 Å². The molecule has 0 heterocycles. The number of rotatable bonds is 11. The molecule has 3 N–H and O–H groups in total. The van der Waals surface area contributed by atoms with E-state index in [1.54, 1.807) is 0 Å². The van der Waals surface area contributed by atoms with E-state index < -0.39 is 0 Å². The van der Waals surface area contributed by atoms with Gasteiger partial charge in [0.2, 0.25) is 0 Å². The molecule has 0 aromatic carbocycles. The van der Waals surface area contributed by atoms with E-state index in [0.29, 0.717) is 6.42 Å². The minimum Gasteiger partial charge on any atom is -0.330 e. The van der Waals surface area contributed by atoms with Crippen LogP contribution < -0.4 is 11.1 Å². The Morgan fingerprint density at radius 3 is 2.07 bits per heavy atom. The standard InChI is InChI=1S/C12H25N3/c13-9-5-1-3-7-11-15-12-8-4-2-6-10-14/h15H,1-9,11-13H2. The van der Waals surface area contributed by atoms with Crippen LogP contribution >= 0.6 is 0 Å². The van der Waals surface area contributed by atoms with Gasteiger partial charge in [-0.3, -0.25) is 0 Å². The van der Waals surface area contributed by atoms with E-state index in [0.717, 1.165) is 32.5 Å². The van der Waals surface area contributed by atoms with Crippen LogP contribution in [0.4, 0.5) is 0 Å². The maximum absolute atomic E-state index is 8.34. The van der Waals surface area contributed by atoms with Crippen LogP contribution in [0.15, 0.2) is 0 Å². The second kappa shape index (κ2) is 13.4. The summed E-state index contributed by atoms with van der Waals surface area (Å²) >= 11 is 0. The van der Waals surface area contributed by atoms with E-state index in [4.69, 9.17) is 11.0 Å². The lowest BCUT2D eigenvalue weighted by atomic mass is 10.2. The Bertz CT molecular complexity index is 151. The van der Waals surface area contributed by atoms with Gasteiger partial charge in [-0.2, -0.15) is 5.26 Å². The quantitative estimate of drug-likeness (QED) is 0.515. The Labute approximate surface area is 94.0 Å². The third-order valence-corrected chi connectivity index (χ3v) is 2.45. The fraction of sp³-hybridized carbons (Fsp3) is 0.917. The van der Waals surface area contributed by atoms with Gasteiger partial charge in [-0.25, -0.2) is 0 Å². The van der Waals surface area contributed by atoms with Crippen molar-refractivity contribution >= 4 is 0 Å².